The van der Waals surface area contributed by atoms with E-state index in [0.29, 0.717) is 0 Å². The van der Waals surface area contributed by atoms with Gasteiger partial charge in [0.1, 0.15) is 12.2 Å². The van der Waals surface area contributed by atoms with E-state index in [-0.39, 0.29) is 5.56 Å². The first kappa shape index (κ1) is 19.6. The SMILES string of the molecule is Cc1cn([C@@H]2O[C@H](CO)[C@@H](O)[C@@H]2F)c(=O)[nH]c1=O.O=P(O)(O)O. The van der Waals surface area contributed by atoms with Crippen molar-refractivity contribution in [2.24, 2.45) is 0 Å². The molecular formula is C10H16FN2O9P. The first-order valence-corrected chi connectivity index (χ1v) is 7.71. The number of phosphoric acid groups is 1. The Kier molecular flexibility index (Phi) is 6.36. The summed E-state index contributed by atoms with van der Waals surface area (Å²) in [7, 11) is -4.64. The van der Waals surface area contributed by atoms with Gasteiger partial charge in [-0.05, 0) is 6.92 Å². The quantitative estimate of drug-likeness (QED) is 0.311. The number of halogens is 1. The number of aliphatic hydroxyl groups excluding tert-OH is 2. The lowest BCUT2D eigenvalue weighted by molar-refractivity contribution is -0.0492. The molecule has 0 bridgehead atoms. The molecule has 11 nitrogen and oxygen atoms in total. The Labute approximate surface area is 127 Å². The van der Waals surface area contributed by atoms with Crippen LogP contribution in [0.15, 0.2) is 15.8 Å². The zero-order chi connectivity index (χ0) is 17.9. The van der Waals surface area contributed by atoms with Crippen LogP contribution in [0.3, 0.4) is 0 Å². The standard InChI is InChI=1S/C10H13FN2O5.H3O4P/c1-4-2-13(10(17)12-8(4)16)9-6(11)7(15)5(3-14)18-9;1-5(2,3)4/h2,5-7,9,14-15H,3H2,1H3,(H,12,16,17);(H3,1,2,3,4)/t5-,6+,7-,9-;/m1./s1. The van der Waals surface area contributed by atoms with Crippen molar-refractivity contribution in [1.82, 2.24) is 9.55 Å². The number of aryl methyl sites for hydroxylation is 1. The molecule has 0 aromatic carbocycles. The summed E-state index contributed by atoms with van der Waals surface area (Å²) in [5.41, 5.74) is -1.18. The minimum Gasteiger partial charge on any atom is -0.394 e. The maximum atomic E-state index is 13.8. The van der Waals surface area contributed by atoms with Crippen LogP contribution >= 0.6 is 7.82 Å². The van der Waals surface area contributed by atoms with Gasteiger partial charge in [-0.15, -0.1) is 0 Å². The lowest BCUT2D eigenvalue weighted by atomic mass is 10.1. The Morgan fingerprint density at radius 2 is 1.91 bits per heavy atom. The summed E-state index contributed by atoms with van der Waals surface area (Å²) in [4.78, 5) is 46.3. The molecule has 0 spiro atoms. The fourth-order valence-corrected chi connectivity index (χ4v) is 1.85. The number of rotatable bonds is 2. The van der Waals surface area contributed by atoms with Gasteiger partial charge in [0.25, 0.3) is 5.56 Å². The van der Waals surface area contributed by atoms with E-state index in [1.807, 2.05) is 4.98 Å². The summed E-state index contributed by atoms with van der Waals surface area (Å²) in [5, 5.41) is 18.3. The number of nitrogens with zero attached hydrogens (tertiary/aromatic N) is 1. The Morgan fingerprint density at radius 1 is 1.39 bits per heavy atom. The van der Waals surface area contributed by atoms with Gasteiger partial charge in [-0.3, -0.25) is 14.3 Å². The lowest BCUT2D eigenvalue weighted by Gasteiger charge is -2.15. The van der Waals surface area contributed by atoms with E-state index in [1.165, 1.54) is 6.92 Å². The fourth-order valence-electron chi connectivity index (χ4n) is 1.85. The van der Waals surface area contributed by atoms with Crippen LogP contribution in [0, 0.1) is 6.92 Å². The minimum atomic E-state index is -4.64. The zero-order valence-electron chi connectivity index (χ0n) is 11.7. The third-order valence-corrected chi connectivity index (χ3v) is 2.89. The molecule has 1 aromatic heterocycles. The number of aliphatic hydroxyl groups is 2. The number of hydrogen-bond acceptors (Lipinski definition) is 6. The van der Waals surface area contributed by atoms with Gasteiger partial charge in [0.15, 0.2) is 12.4 Å². The molecule has 1 aromatic rings. The van der Waals surface area contributed by atoms with Gasteiger partial charge in [-0.1, -0.05) is 0 Å². The van der Waals surface area contributed by atoms with Crippen LogP contribution in [0.2, 0.25) is 0 Å². The van der Waals surface area contributed by atoms with Gasteiger partial charge in [0, 0.05) is 11.8 Å². The number of nitrogens with one attached hydrogen (secondary N) is 1. The third kappa shape index (κ3) is 5.32. The number of hydrogen-bond donors (Lipinski definition) is 6. The molecule has 2 heterocycles. The van der Waals surface area contributed by atoms with E-state index in [4.69, 9.17) is 29.1 Å². The Bertz CT molecular complexity index is 690. The lowest BCUT2D eigenvalue weighted by Crippen LogP contribution is -2.36. The molecule has 6 N–H and O–H groups in total. The number of alkyl halides is 1. The Balaban J connectivity index is 0.000000463. The minimum absolute atomic E-state index is 0.215. The van der Waals surface area contributed by atoms with E-state index in [9.17, 15) is 19.1 Å². The van der Waals surface area contributed by atoms with Crippen molar-refractivity contribution in [2.45, 2.75) is 31.5 Å². The van der Waals surface area contributed by atoms with Gasteiger partial charge < -0.3 is 29.6 Å². The van der Waals surface area contributed by atoms with Gasteiger partial charge in [-0.2, -0.15) is 0 Å². The van der Waals surface area contributed by atoms with Crippen molar-refractivity contribution in [3.05, 3.63) is 32.6 Å². The highest BCUT2D eigenvalue weighted by molar-refractivity contribution is 7.45. The smallest absolute Gasteiger partial charge is 0.394 e. The normalized spacial score (nSPS) is 27.4. The highest BCUT2D eigenvalue weighted by Crippen LogP contribution is 2.30. The van der Waals surface area contributed by atoms with Crippen molar-refractivity contribution in [3.63, 3.8) is 0 Å². The van der Waals surface area contributed by atoms with Crippen molar-refractivity contribution in [1.29, 1.82) is 0 Å². The highest BCUT2D eigenvalue weighted by Gasteiger charge is 2.45. The molecule has 0 aliphatic carbocycles. The first-order valence-electron chi connectivity index (χ1n) is 6.14. The number of aromatic nitrogens is 2. The van der Waals surface area contributed by atoms with Crippen LogP contribution < -0.4 is 11.2 Å². The predicted octanol–water partition coefficient (Wildman–Crippen LogP) is -2.49. The molecule has 132 valence electrons. The molecule has 13 heteroatoms. The van der Waals surface area contributed by atoms with Gasteiger partial charge in [0.05, 0.1) is 6.61 Å². The Morgan fingerprint density at radius 3 is 2.35 bits per heavy atom. The molecule has 1 aliphatic heterocycles. The van der Waals surface area contributed by atoms with E-state index in [2.05, 4.69) is 0 Å². The number of H-pyrrole nitrogens is 1. The predicted molar refractivity (Wildman–Crippen MR) is 72.2 cm³/mol. The molecule has 1 fully saturated rings. The molecular weight excluding hydrogens is 342 g/mol. The maximum Gasteiger partial charge on any atom is 0.466 e. The van der Waals surface area contributed by atoms with Crippen LogP contribution in [0.4, 0.5) is 4.39 Å². The third-order valence-electron chi connectivity index (χ3n) is 2.89. The molecule has 1 saturated heterocycles. The van der Waals surface area contributed by atoms with Crippen LogP contribution in [-0.4, -0.2) is 59.4 Å². The average molecular weight is 358 g/mol. The second-order valence-electron chi connectivity index (χ2n) is 4.67. The summed E-state index contributed by atoms with van der Waals surface area (Å²) in [6, 6.07) is 0. The summed E-state index contributed by atoms with van der Waals surface area (Å²) < 4.78 is 28.6. The van der Waals surface area contributed by atoms with Crippen molar-refractivity contribution < 1.29 is 38.6 Å². The molecule has 0 unspecified atom stereocenters. The number of ether oxygens (including phenoxy) is 1. The summed E-state index contributed by atoms with van der Waals surface area (Å²) >= 11 is 0. The molecule has 1 aliphatic rings. The maximum absolute atomic E-state index is 13.8. The van der Waals surface area contributed by atoms with Crippen LogP contribution in [-0.2, 0) is 9.30 Å². The van der Waals surface area contributed by atoms with E-state index >= 15 is 0 Å². The van der Waals surface area contributed by atoms with Gasteiger partial charge >= 0.3 is 13.5 Å². The number of aromatic amines is 1. The Hall–Kier alpha value is -1.40. The summed E-state index contributed by atoms with van der Waals surface area (Å²) in [6.45, 7) is 0.895. The van der Waals surface area contributed by atoms with Gasteiger partial charge in [-0.25, -0.2) is 13.8 Å². The van der Waals surface area contributed by atoms with E-state index in [1.54, 1.807) is 0 Å². The molecule has 23 heavy (non-hydrogen) atoms. The monoisotopic (exact) mass is 358 g/mol. The topological polar surface area (TPSA) is 182 Å². The molecule has 0 amide bonds. The average Bonchev–Trinajstić information content (AvgIpc) is 2.69. The van der Waals surface area contributed by atoms with Crippen LogP contribution in [0.5, 0.6) is 0 Å². The van der Waals surface area contributed by atoms with Gasteiger partial charge in [0.2, 0.25) is 0 Å². The van der Waals surface area contributed by atoms with Crippen molar-refractivity contribution >= 4 is 7.82 Å². The molecule has 0 saturated carbocycles. The first-order chi connectivity index (χ1) is 10.5. The summed E-state index contributed by atoms with van der Waals surface area (Å²) in [5.74, 6) is 0. The largest absolute Gasteiger partial charge is 0.466 e. The molecule has 4 atom stereocenters. The summed E-state index contributed by atoms with van der Waals surface area (Å²) in [6.07, 6.45) is -4.67. The fraction of sp³-hybridized carbons (Fsp3) is 0.600. The second-order valence-corrected chi connectivity index (χ2v) is 5.70. The zero-order valence-corrected chi connectivity index (χ0v) is 12.6. The van der Waals surface area contributed by atoms with E-state index < -0.39 is 50.3 Å². The van der Waals surface area contributed by atoms with Crippen molar-refractivity contribution in [2.75, 3.05) is 6.61 Å². The second kappa shape index (κ2) is 7.45. The van der Waals surface area contributed by atoms with E-state index in [0.717, 1.165) is 10.8 Å². The molecule has 2 rings (SSSR count). The van der Waals surface area contributed by atoms with Crippen LogP contribution in [0.25, 0.3) is 0 Å². The van der Waals surface area contributed by atoms with Crippen LogP contribution in [0.1, 0.15) is 11.8 Å². The van der Waals surface area contributed by atoms with Crippen molar-refractivity contribution in [3.8, 4) is 0 Å². The molecule has 0 radical (unpaired) electrons. The highest BCUT2D eigenvalue weighted by atomic mass is 31.2.